The summed E-state index contributed by atoms with van der Waals surface area (Å²) in [5.74, 6) is -0.327. The van der Waals surface area contributed by atoms with E-state index in [1.165, 1.54) is 17.7 Å². The molecule has 0 aliphatic heterocycles. The summed E-state index contributed by atoms with van der Waals surface area (Å²) in [6.07, 6.45) is 2.83. The van der Waals surface area contributed by atoms with Gasteiger partial charge in [0.15, 0.2) is 0 Å². The van der Waals surface area contributed by atoms with Crippen LogP contribution in [-0.4, -0.2) is 14.3 Å². The first-order valence-corrected chi connectivity index (χ1v) is 12.4. The van der Waals surface area contributed by atoms with Gasteiger partial charge in [-0.1, -0.05) is 48.0 Å². The summed E-state index contributed by atoms with van der Waals surface area (Å²) in [5.41, 5.74) is 4.81. The number of halogens is 1. The minimum Gasteiger partial charge on any atom is -0.345 e. The molecule has 5 nitrogen and oxygen atoms in total. The van der Waals surface area contributed by atoms with Crippen LogP contribution in [0, 0.1) is 13.8 Å². The van der Waals surface area contributed by atoms with Crippen LogP contribution in [0.25, 0.3) is 0 Å². The van der Waals surface area contributed by atoms with E-state index in [-0.39, 0.29) is 27.4 Å². The maximum absolute atomic E-state index is 13.1. The molecule has 166 valence electrons. The second-order valence-corrected chi connectivity index (χ2v) is 10.2. The average molecular weight is 469 g/mol. The molecule has 3 aromatic carbocycles. The highest BCUT2D eigenvalue weighted by Crippen LogP contribution is 2.31. The van der Waals surface area contributed by atoms with Gasteiger partial charge >= 0.3 is 0 Å². The Kier molecular flexibility index (Phi) is 6.26. The number of hydrogen-bond donors (Lipinski definition) is 2. The summed E-state index contributed by atoms with van der Waals surface area (Å²) in [6.45, 7) is 3.71. The molecule has 0 saturated heterocycles. The van der Waals surface area contributed by atoms with Gasteiger partial charge in [0.05, 0.1) is 16.8 Å². The van der Waals surface area contributed by atoms with Crippen LogP contribution < -0.4 is 10.0 Å². The number of hydrogen-bond acceptors (Lipinski definition) is 3. The Morgan fingerprint density at radius 1 is 1.03 bits per heavy atom. The molecule has 0 aromatic heterocycles. The van der Waals surface area contributed by atoms with Crippen LogP contribution in [0.15, 0.2) is 65.6 Å². The Morgan fingerprint density at radius 3 is 2.62 bits per heavy atom. The lowest BCUT2D eigenvalue weighted by Crippen LogP contribution is -2.31. The lowest BCUT2D eigenvalue weighted by Gasteiger charge is -2.26. The molecule has 0 heterocycles. The zero-order valence-electron chi connectivity index (χ0n) is 18.0. The number of nitrogens with one attached hydrogen (secondary N) is 2. The number of amides is 1. The first kappa shape index (κ1) is 22.4. The third-order valence-electron chi connectivity index (χ3n) is 5.80. The van der Waals surface area contributed by atoms with Crippen LogP contribution in [0.5, 0.6) is 0 Å². The van der Waals surface area contributed by atoms with E-state index in [9.17, 15) is 13.2 Å². The Bertz CT molecular complexity index is 1290. The van der Waals surface area contributed by atoms with Gasteiger partial charge in [-0.3, -0.25) is 9.52 Å². The number of benzene rings is 3. The van der Waals surface area contributed by atoms with Crippen LogP contribution in [0.2, 0.25) is 5.02 Å². The van der Waals surface area contributed by atoms with Crippen molar-refractivity contribution in [2.24, 2.45) is 0 Å². The molecule has 7 heteroatoms. The van der Waals surface area contributed by atoms with Crippen LogP contribution in [0.1, 0.15) is 51.5 Å². The maximum atomic E-state index is 13.1. The SMILES string of the molecule is Cc1ccc(C)c(NS(=O)(=O)c2cc(C(=O)N[C@@H]3CCCc4ccccc43)ccc2Cl)c1. The van der Waals surface area contributed by atoms with Crippen molar-refractivity contribution in [3.63, 3.8) is 0 Å². The van der Waals surface area contributed by atoms with E-state index in [2.05, 4.69) is 16.1 Å². The number of carbonyl (C=O) groups is 1. The highest BCUT2D eigenvalue weighted by Gasteiger charge is 2.24. The third-order valence-corrected chi connectivity index (χ3v) is 7.64. The van der Waals surface area contributed by atoms with Crippen molar-refractivity contribution in [1.82, 2.24) is 5.32 Å². The summed E-state index contributed by atoms with van der Waals surface area (Å²) < 4.78 is 28.8. The lowest BCUT2D eigenvalue weighted by molar-refractivity contribution is 0.0932. The van der Waals surface area contributed by atoms with Crippen LogP contribution in [0.3, 0.4) is 0 Å². The minimum atomic E-state index is -3.98. The fourth-order valence-corrected chi connectivity index (χ4v) is 5.69. The van der Waals surface area contributed by atoms with E-state index in [4.69, 9.17) is 11.6 Å². The molecule has 0 unspecified atom stereocenters. The normalized spacial score (nSPS) is 15.7. The van der Waals surface area contributed by atoms with Crippen molar-refractivity contribution in [3.05, 3.63) is 93.5 Å². The van der Waals surface area contributed by atoms with E-state index < -0.39 is 10.0 Å². The molecule has 0 bridgehead atoms. The molecule has 0 fully saturated rings. The number of sulfonamides is 1. The Balaban J connectivity index is 1.60. The summed E-state index contributed by atoms with van der Waals surface area (Å²) in [5, 5.41) is 3.12. The van der Waals surface area contributed by atoms with Gasteiger partial charge in [-0.25, -0.2) is 8.42 Å². The summed E-state index contributed by atoms with van der Waals surface area (Å²) in [6, 6.07) is 17.8. The fraction of sp³-hybridized carbons (Fsp3) is 0.240. The Morgan fingerprint density at radius 2 is 1.81 bits per heavy atom. The predicted octanol–water partition coefficient (Wildman–Crippen LogP) is 5.57. The van der Waals surface area contributed by atoms with E-state index in [0.29, 0.717) is 5.69 Å². The highest BCUT2D eigenvalue weighted by atomic mass is 35.5. The van der Waals surface area contributed by atoms with Gasteiger partial charge in [-0.2, -0.15) is 0 Å². The van der Waals surface area contributed by atoms with Crippen LogP contribution in [0.4, 0.5) is 5.69 Å². The van der Waals surface area contributed by atoms with E-state index >= 15 is 0 Å². The van der Waals surface area contributed by atoms with Gasteiger partial charge in [0, 0.05) is 5.56 Å². The topological polar surface area (TPSA) is 75.3 Å². The molecule has 32 heavy (non-hydrogen) atoms. The molecular formula is C25H25ClN2O3S. The molecule has 0 saturated carbocycles. The standard InChI is InChI=1S/C25H25ClN2O3S/c1-16-10-11-17(2)23(14-16)28-32(30,31)24-15-19(12-13-21(24)26)25(29)27-22-9-5-7-18-6-3-4-8-20(18)22/h3-4,6,8,10-15,22,28H,5,7,9H2,1-2H3,(H,27,29)/t22-/m1/s1. The van der Waals surface area contributed by atoms with E-state index in [0.717, 1.165) is 36.0 Å². The summed E-state index contributed by atoms with van der Waals surface area (Å²) >= 11 is 6.23. The summed E-state index contributed by atoms with van der Waals surface area (Å²) in [7, 11) is -3.98. The summed E-state index contributed by atoms with van der Waals surface area (Å²) in [4.78, 5) is 12.9. The smallest absolute Gasteiger partial charge is 0.263 e. The van der Waals surface area contributed by atoms with Gasteiger partial charge in [-0.15, -0.1) is 0 Å². The largest absolute Gasteiger partial charge is 0.345 e. The van der Waals surface area contributed by atoms with Gasteiger partial charge in [-0.05, 0) is 79.6 Å². The molecule has 2 N–H and O–H groups in total. The molecular weight excluding hydrogens is 444 g/mol. The fourth-order valence-electron chi connectivity index (χ4n) is 4.04. The van der Waals surface area contributed by atoms with Crippen molar-refractivity contribution >= 4 is 33.2 Å². The molecule has 1 aliphatic carbocycles. The van der Waals surface area contributed by atoms with Crippen molar-refractivity contribution in [1.29, 1.82) is 0 Å². The highest BCUT2D eigenvalue weighted by molar-refractivity contribution is 7.92. The Labute approximate surface area is 193 Å². The van der Waals surface area contributed by atoms with Crippen molar-refractivity contribution < 1.29 is 13.2 Å². The molecule has 1 aliphatic rings. The number of fused-ring (bicyclic) bond motifs is 1. The first-order valence-electron chi connectivity index (χ1n) is 10.5. The number of rotatable bonds is 5. The predicted molar refractivity (Wildman–Crippen MR) is 128 cm³/mol. The molecule has 1 amide bonds. The Hall–Kier alpha value is -2.83. The molecule has 0 spiro atoms. The van der Waals surface area contributed by atoms with E-state index in [1.807, 2.05) is 44.2 Å². The van der Waals surface area contributed by atoms with Crippen molar-refractivity contribution in [3.8, 4) is 0 Å². The van der Waals surface area contributed by atoms with E-state index in [1.54, 1.807) is 12.1 Å². The zero-order valence-corrected chi connectivity index (χ0v) is 19.6. The minimum absolute atomic E-state index is 0.0577. The second-order valence-electron chi connectivity index (χ2n) is 8.19. The van der Waals surface area contributed by atoms with Gasteiger partial charge in [0.1, 0.15) is 4.90 Å². The molecule has 3 aromatic rings. The quantitative estimate of drug-likeness (QED) is 0.514. The van der Waals surface area contributed by atoms with Crippen LogP contribution in [-0.2, 0) is 16.4 Å². The molecule has 4 rings (SSSR count). The number of anilines is 1. The number of carbonyl (C=O) groups excluding carboxylic acids is 1. The van der Waals surface area contributed by atoms with Gasteiger partial charge < -0.3 is 5.32 Å². The van der Waals surface area contributed by atoms with Gasteiger partial charge in [0.2, 0.25) is 0 Å². The van der Waals surface area contributed by atoms with Crippen LogP contribution >= 0.6 is 11.6 Å². The second kappa shape index (κ2) is 8.96. The van der Waals surface area contributed by atoms with Crippen molar-refractivity contribution in [2.45, 2.75) is 44.0 Å². The third kappa shape index (κ3) is 4.66. The molecule has 1 atom stereocenters. The first-order chi connectivity index (χ1) is 15.2. The zero-order chi connectivity index (χ0) is 22.9. The van der Waals surface area contributed by atoms with Crippen molar-refractivity contribution in [2.75, 3.05) is 4.72 Å². The maximum Gasteiger partial charge on any atom is 0.263 e. The van der Waals surface area contributed by atoms with Gasteiger partial charge in [0.25, 0.3) is 15.9 Å². The molecule has 0 radical (unpaired) electrons. The monoisotopic (exact) mass is 468 g/mol. The average Bonchev–Trinajstić information content (AvgIpc) is 2.76. The number of aryl methyl sites for hydroxylation is 3. The lowest BCUT2D eigenvalue weighted by atomic mass is 9.87.